The molecule has 3 rings (SSSR count). The Morgan fingerprint density at radius 3 is 2.83 bits per heavy atom. The Labute approximate surface area is 174 Å². The standard InChI is InChI=1S/C19H20N4O4S2/c1-11(16(26)22-17-13(15(20)25)7-10-28-17)29-19-21-14-6-3-2-5-12(14)18(27)23(19)8-4-9-24/h2-3,5-7,10-11,24H,4,8-9H2,1H3,(H2,20,25)(H,22,26). The fourth-order valence-corrected chi connectivity index (χ4v) is 4.42. The Morgan fingerprint density at radius 1 is 1.34 bits per heavy atom. The van der Waals surface area contributed by atoms with Gasteiger partial charge in [0.25, 0.3) is 11.5 Å². The van der Waals surface area contributed by atoms with Crippen molar-refractivity contribution in [1.82, 2.24) is 9.55 Å². The number of carbonyl (C=O) groups excluding carboxylic acids is 2. The van der Waals surface area contributed by atoms with Crippen molar-refractivity contribution in [3.05, 3.63) is 51.6 Å². The van der Waals surface area contributed by atoms with Gasteiger partial charge in [0.05, 0.1) is 21.7 Å². The number of fused-ring (bicyclic) bond motifs is 1. The molecule has 0 aliphatic heterocycles. The Bertz CT molecular complexity index is 1110. The third-order valence-corrected chi connectivity index (χ3v) is 6.11. The largest absolute Gasteiger partial charge is 0.396 e. The zero-order valence-electron chi connectivity index (χ0n) is 15.6. The van der Waals surface area contributed by atoms with E-state index in [1.54, 1.807) is 42.6 Å². The summed E-state index contributed by atoms with van der Waals surface area (Å²) < 4.78 is 1.48. The molecule has 0 saturated heterocycles. The maximum absolute atomic E-state index is 12.9. The lowest BCUT2D eigenvalue weighted by atomic mass is 10.2. The molecule has 1 aromatic carbocycles. The zero-order valence-corrected chi connectivity index (χ0v) is 17.3. The third kappa shape index (κ3) is 4.66. The van der Waals surface area contributed by atoms with Crippen LogP contribution in [0.3, 0.4) is 0 Å². The fourth-order valence-electron chi connectivity index (χ4n) is 2.69. The zero-order chi connectivity index (χ0) is 21.0. The SMILES string of the molecule is CC(Sc1nc2ccccc2c(=O)n1CCCO)C(=O)Nc1sccc1C(N)=O. The number of hydrogen-bond donors (Lipinski definition) is 3. The van der Waals surface area contributed by atoms with E-state index in [1.807, 2.05) is 0 Å². The van der Waals surface area contributed by atoms with Crippen LogP contribution < -0.4 is 16.6 Å². The van der Waals surface area contributed by atoms with Crippen molar-refractivity contribution < 1.29 is 14.7 Å². The number of hydrogen-bond acceptors (Lipinski definition) is 7. The summed E-state index contributed by atoms with van der Waals surface area (Å²) in [6.45, 7) is 1.92. The van der Waals surface area contributed by atoms with Gasteiger partial charge in [-0.15, -0.1) is 11.3 Å². The second-order valence-electron chi connectivity index (χ2n) is 6.22. The highest BCUT2D eigenvalue weighted by atomic mass is 32.2. The average Bonchev–Trinajstić information content (AvgIpc) is 3.16. The summed E-state index contributed by atoms with van der Waals surface area (Å²) >= 11 is 2.35. The van der Waals surface area contributed by atoms with Gasteiger partial charge < -0.3 is 16.2 Å². The number of thiophene rings is 1. The van der Waals surface area contributed by atoms with Gasteiger partial charge in [-0.1, -0.05) is 23.9 Å². The molecule has 8 nitrogen and oxygen atoms in total. The molecule has 0 aliphatic carbocycles. The van der Waals surface area contributed by atoms with E-state index in [0.717, 1.165) is 11.8 Å². The van der Waals surface area contributed by atoms with Gasteiger partial charge in [-0.2, -0.15) is 0 Å². The number of aliphatic hydroxyl groups excluding tert-OH is 1. The van der Waals surface area contributed by atoms with Gasteiger partial charge in [-0.05, 0) is 36.9 Å². The molecule has 3 aromatic rings. The number of amides is 2. The molecule has 1 atom stereocenters. The number of rotatable bonds is 8. The normalized spacial score (nSPS) is 12.1. The summed E-state index contributed by atoms with van der Waals surface area (Å²) in [7, 11) is 0. The van der Waals surface area contributed by atoms with Crippen LogP contribution in [-0.4, -0.2) is 38.3 Å². The number of aromatic nitrogens is 2. The highest BCUT2D eigenvalue weighted by molar-refractivity contribution is 8.00. The number of carbonyl (C=O) groups is 2. The maximum atomic E-state index is 12.9. The van der Waals surface area contributed by atoms with Gasteiger partial charge in [0, 0.05) is 13.2 Å². The first-order chi connectivity index (χ1) is 13.9. The predicted molar refractivity (Wildman–Crippen MR) is 114 cm³/mol. The second-order valence-corrected chi connectivity index (χ2v) is 8.45. The Morgan fingerprint density at radius 2 is 2.10 bits per heavy atom. The molecule has 2 heterocycles. The van der Waals surface area contributed by atoms with Crippen LogP contribution in [0, 0.1) is 0 Å². The average molecular weight is 433 g/mol. The van der Waals surface area contributed by atoms with Gasteiger partial charge in [-0.25, -0.2) is 4.98 Å². The molecule has 0 aliphatic rings. The van der Waals surface area contributed by atoms with Crippen molar-refractivity contribution in [2.24, 2.45) is 5.73 Å². The molecule has 2 amide bonds. The van der Waals surface area contributed by atoms with Gasteiger partial charge >= 0.3 is 0 Å². The van der Waals surface area contributed by atoms with Crippen molar-refractivity contribution in [3.8, 4) is 0 Å². The van der Waals surface area contributed by atoms with Crippen molar-refractivity contribution in [1.29, 1.82) is 0 Å². The quantitative estimate of drug-likeness (QED) is 0.369. The molecule has 0 saturated carbocycles. The predicted octanol–water partition coefficient (Wildman–Crippen LogP) is 2.06. The summed E-state index contributed by atoms with van der Waals surface area (Å²) in [6, 6.07) is 8.55. The number of anilines is 1. The minimum Gasteiger partial charge on any atom is -0.396 e. The number of nitrogens with zero attached hydrogens (tertiary/aromatic N) is 2. The van der Waals surface area contributed by atoms with Gasteiger partial charge in [0.2, 0.25) is 5.91 Å². The van der Waals surface area contributed by atoms with E-state index in [2.05, 4.69) is 10.3 Å². The first-order valence-electron chi connectivity index (χ1n) is 8.87. The Hall–Kier alpha value is -2.69. The van der Waals surface area contributed by atoms with E-state index >= 15 is 0 Å². The highest BCUT2D eigenvalue weighted by Gasteiger charge is 2.21. The minimum atomic E-state index is -0.615. The summed E-state index contributed by atoms with van der Waals surface area (Å²) in [5, 5.41) is 14.2. The molecule has 29 heavy (non-hydrogen) atoms. The Kier molecular flexibility index (Phi) is 6.68. The van der Waals surface area contributed by atoms with E-state index in [-0.39, 0.29) is 23.6 Å². The van der Waals surface area contributed by atoms with E-state index in [4.69, 9.17) is 10.8 Å². The van der Waals surface area contributed by atoms with Crippen LogP contribution in [0.15, 0.2) is 45.7 Å². The van der Waals surface area contributed by atoms with Gasteiger partial charge in [-0.3, -0.25) is 19.0 Å². The summed E-state index contributed by atoms with van der Waals surface area (Å²) in [6.07, 6.45) is 0.394. The van der Waals surface area contributed by atoms with Crippen LogP contribution in [0.2, 0.25) is 0 Å². The van der Waals surface area contributed by atoms with Crippen molar-refractivity contribution >= 4 is 50.8 Å². The van der Waals surface area contributed by atoms with Gasteiger partial charge in [0.1, 0.15) is 5.00 Å². The summed E-state index contributed by atoms with van der Waals surface area (Å²) in [5.41, 5.74) is 5.90. The van der Waals surface area contributed by atoms with Crippen LogP contribution >= 0.6 is 23.1 Å². The maximum Gasteiger partial charge on any atom is 0.262 e. The molecule has 0 radical (unpaired) electrons. The molecular weight excluding hydrogens is 412 g/mol. The monoisotopic (exact) mass is 432 g/mol. The van der Waals surface area contributed by atoms with Crippen LogP contribution in [0.25, 0.3) is 10.9 Å². The molecule has 0 spiro atoms. The molecule has 0 fully saturated rings. The van der Waals surface area contributed by atoms with E-state index in [1.165, 1.54) is 15.9 Å². The van der Waals surface area contributed by atoms with E-state index in [9.17, 15) is 14.4 Å². The third-order valence-electron chi connectivity index (χ3n) is 4.19. The van der Waals surface area contributed by atoms with Crippen molar-refractivity contribution in [2.45, 2.75) is 30.3 Å². The molecule has 1 unspecified atom stereocenters. The molecule has 2 aromatic heterocycles. The minimum absolute atomic E-state index is 0.0618. The first kappa shape index (κ1) is 21.0. The molecular formula is C19H20N4O4S2. The lowest BCUT2D eigenvalue weighted by Gasteiger charge is -2.16. The number of primary amides is 1. The number of benzene rings is 1. The van der Waals surface area contributed by atoms with E-state index in [0.29, 0.717) is 34.0 Å². The van der Waals surface area contributed by atoms with Crippen LogP contribution in [-0.2, 0) is 11.3 Å². The van der Waals surface area contributed by atoms with Crippen LogP contribution in [0.4, 0.5) is 5.00 Å². The molecule has 10 heteroatoms. The second kappa shape index (κ2) is 9.21. The van der Waals surface area contributed by atoms with Crippen molar-refractivity contribution in [2.75, 3.05) is 11.9 Å². The summed E-state index contributed by atoms with van der Waals surface area (Å²) in [4.78, 5) is 41.5. The Balaban J connectivity index is 1.87. The number of nitrogens with one attached hydrogen (secondary N) is 1. The lowest BCUT2D eigenvalue weighted by molar-refractivity contribution is -0.115. The molecule has 152 valence electrons. The number of thioether (sulfide) groups is 1. The van der Waals surface area contributed by atoms with Crippen LogP contribution in [0.1, 0.15) is 23.7 Å². The lowest BCUT2D eigenvalue weighted by Crippen LogP contribution is -2.27. The number of nitrogens with two attached hydrogens (primary N) is 1. The number of aliphatic hydroxyl groups is 1. The fraction of sp³-hybridized carbons (Fsp3) is 0.263. The number of para-hydroxylation sites is 1. The van der Waals surface area contributed by atoms with Crippen molar-refractivity contribution in [3.63, 3.8) is 0 Å². The highest BCUT2D eigenvalue weighted by Crippen LogP contribution is 2.27. The van der Waals surface area contributed by atoms with Gasteiger partial charge in [0.15, 0.2) is 5.16 Å². The summed E-state index contributed by atoms with van der Waals surface area (Å²) in [5.74, 6) is -0.952. The first-order valence-corrected chi connectivity index (χ1v) is 10.6. The molecule has 4 N–H and O–H groups in total. The molecule has 0 bridgehead atoms. The van der Waals surface area contributed by atoms with Crippen LogP contribution in [0.5, 0.6) is 0 Å². The van der Waals surface area contributed by atoms with E-state index < -0.39 is 11.2 Å². The topological polar surface area (TPSA) is 127 Å². The smallest absolute Gasteiger partial charge is 0.262 e.